The molecule has 182 valence electrons. The molecule has 4 rings (SSSR count). The molecule has 0 bridgehead atoms. The number of carbonyl (C=O) groups excluding carboxylic acids is 1. The average molecular weight is 472 g/mol. The Hall–Kier alpha value is -3.47. The summed E-state index contributed by atoms with van der Waals surface area (Å²) in [6.07, 6.45) is 3.78. The van der Waals surface area contributed by atoms with Gasteiger partial charge in [-0.15, -0.1) is 0 Å². The molecule has 0 aliphatic heterocycles. The molecule has 5 heteroatoms. The number of imidazole rings is 1. The first kappa shape index (κ1) is 24.6. The average Bonchev–Trinajstić information content (AvgIpc) is 3.20. The van der Waals surface area contributed by atoms with Gasteiger partial charge >= 0.3 is 0 Å². The fourth-order valence-corrected chi connectivity index (χ4v) is 4.68. The lowest BCUT2D eigenvalue weighted by Crippen LogP contribution is -2.24. The minimum absolute atomic E-state index is 0.161. The van der Waals surface area contributed by atoms with Crippen molar-refractivity contribution in [2.24, 2.45) is 0 Å². The van der Waals surface area contributed by atoms with Gasteiger partial charge in [0.1, 0.15) is 11.6 Å². The first-order valence-corrected chi connectivity index (χ1v) is 12.4. The second-order valence-electron chi connectivity index (χ2n) is 9.42. The van der Waals surface area contributed by atoms with Crippen molar-refractivity contribution >= 4 is 16.9 Å². The molecule has 0 spiro atoms. The van der Waals surface area contributed by atoms with Gasteiger partial charge in [-0.3, -0.25) is 4.79 Å². The first-order chi connectivity index (χ1) is 16.8. The molecule has 35 heavy (non-hydrogen) atoms. The lowest BCUT2D eigenvalue weighted by molar-refractivity contribution is 0.0953. The van der Waals surface area contributed by atoms with Crippen LogP contribution in [0.5, 0.6) is 0 Å². The maximum absolute atomic E-state index is 13.0. The van der Waals surface area contributed by atoms with Crippen LogP contribution in [0.25, 0.3) is 11.0 Å². The van der Waals surface area contributed by atoms with E-state index >= 15 is 0 Å². The number of unbranched alkanes of at least 4 members (excludes halogenated alkanes) is 2. The Morgan fingerprint density at radius 3 is 2.31 bits per heavy atom. The summed E-state index contributed by atoms with van der Waals surface area (Å²) < 4.78 is 15.4. The van der Waals surface area contributed by atoms with E-state index in [1.54, 1.807) is 0 Å². The van der Waals surface area contributed by atoms with Crippen molar-refractivity contribution in [1.82, 2.24) is 14.9 Å². The highest BCUT2D eigenvalue weighted by atomic mass is 19.1. The van der Waals surface area contributed by atoms with Gasteiger partial charge in [0, 0.05) is 25.1 Å². The smallest absolute Gasteiger partial charge is 0.251 e. The van der Waals surface area contributed by atoms with E-state index in [-0.39, 0.29) is 11.7 Å². The number of hydrogen-bond donors (Lipinski definition) is 1. The van der Waals surface area contributed by atoms with E-state index in [4.69, 9.17) is 4.98 Å². The number of amides is 1. The van der Waals surface area contributed by atoms with Gasteiger partial charge in [0.2, 0.25) is 0 Å². The topological polar surface area (TPSA) is 46.9 Å². The third-order valence-electron chi connectivity index (χ3n) is 7.04. The van der Waals surface area contributed by atoms with Crippen LogP contribution in [0.2, 0.25) is 0 Å². The standard InChI is InChI=1S/C30H34FN3O/c1-20-18-21(2)23(4)26(22(20)3)19-34-28-11-8-7-10-27(28)33-29(34)12-6-5-9-17-32-30(35)24-13-15-25(31)16-14-24/h7-8,10-11,13-16,18H,5-6,9,12,17,19H2,1-4H3,(H,32,35). The number of halogens is 1. The Balaban J connectivity index is 1.40. The SMILES string of the molecule is Cc1cc(C)c(C)c(Cn2c(CCCCCNC(=O)c3ccc(F)cc3)nc3ccccc32)c1C. The van der Waals surface area contributed by atoms with Crippen molar-refractivity contribution in [1.29, 1.82) is 0 Å². The number of rotatable bonds is 9. The van der Waals surface area contributed by atoms with Gasteiger partial charge in [-0.05, 0) is 105 Å². The van der Waals surface area contributed by atoms with E-state index in [2.05, 4.69) is 61.8 Å². The molecule has 0 radical (unpaired) electrons. The van der Waals surface area contributed by atoms with E-state index in [1.807, 2.05) is 6.07 Å². The van der Waals surface area contributed by atoms with E-state index in [1.165, 1.54) is 57.6 Å². The number of benzene rings is 3. The van der Waals surface area contributed by atoms with Crippen LogP contribution in [0, 0.1) is 33.5 Å². The number of nitrogens with zero attached hydrogens (tertiary/aromatic N) is 2. The lowest BCUT2D eigenvalue weighted by Gasteiger charge is -2.18. The van der Waals surface area contributed by atoms with E-state index in [0.29, 0.717) is 12.1 Å². The number of hydrogen-bond acceptors (Lipinski definition) is 2. The Morgan fingerprint density at radius 2 is 1.60 bits per heavy atom. The molecule has 0 saturated carbocycles. The van der Waals surface area contributed by atoms with Crippen LogP contribution < -0.4 is 5.32 Å². The maximum atomic E-state index is 13.0. The predicted molar refractivity (Wildman–Crippen MR) is 141 cm³/mol. The number of aryl methyl sites for hydroxylation is 3. The molecule has 0 aliphatic carbocycles. The zero-order valence-electron chi connectivity index (χ0n) is 21.1. The number of fused-ring (bicyclic) bond motifs is 1. The lowest BCUT2D eigenvalue weighted by atomic mass is 9.94. The molecule has 1 aromatic heterocycles. The van der Waals surface area contributed by atoms with Gasteiger partial charge in [0.05, 0.1) is 11.0 Å². The molecular weight excluding hydrogens is 437 g/mol. The molecule has 4 aromatic rings. The van der Waals surface area contributed by atoms with Crippen molar-refractivity contribution in [3.8, 4) is 0 Å². The van der Waals surface area contributed by atoms with Crippen LogP contribution >= 0.6 is 0 Å². The summed E-state index contributed by atoms with van der Waals surface area (Å²) >= 11 is 0. The van der Waals surface area contributed by atoms with Gasteiger partial charge in [0.25, 0.3) is 5.91 Å². The van der Waals surface area contributed by atoms with Gasteiger partial charge in [0.15, 0.2) is 0 Å². The fourth-order valence-electron chi connectivity index (χ4n) is 4.68. The Bertz CT molecular complexity index is 1310. The van der Waals surface area contributed by atoms with Crippen LogP contribution in [0.3, 0.4) is 0 Å². The number of para-hydroxylation sites is 2. The maximum Gasteiger partial charge on any atom is 0.251 e. The van der Waals surface area contributed by atoms with Crippen LogP contribution in [-0.2, 0) is 13.0 Å². The summed E-state index contributed by atoms with van der Waals surface area (Å²) in [5.74, 6) is 0.612. The van der Waals surface area contributed by atoms with Gasteiger partial charge in [-0.1, -0.05) is 24.6 Å². The molecule has 4 nitrogen and oxygen atoms in total. The van der Waals surface area contributed by atoms with E-state index in [9.17, 15) is 9.18 Å². The van der Waals surface area contributed by atoms with Crippen LogP contribution in [0.4, 0.5) is 4.39 Å². The highest BCUT2D eigenvalue weighted by Gasteiger charge is 2.15. The third kappa shape index (κ3) is 5.61. The largest absolute Gasteiger partial charge is 0.352 e. The highest BCUT2D eigenvalue weighted by Crippen LogP contribution is 2.26. The number of aromatic nitrogens is 2. The summed E-state index contributed by atoms with van der Waals surface area (Å²) in [7, 11) is 0. The van der Waals surface area contributed by atoms with Gasteiger partial charge in [-0.25, -0.2) is 9.37 Å². The monoisotopic (exact) mass is 471 g/mol. The van der Waals surface area contributed by atoms with Crippen molar-refractivity contribution in [2.75, 3.05) is 6.54 Å². The Kier molecular flexibility index (Phi) is 7.64. The third-order valence-corrected chi connectivity index (χ3v) is 7.04. The molecule has 0 unspecified atom stereocenters. The van der Waals surface area contributed by atoms with Crippen LogP contribution in [0.1, 0.15) is 63.3 Å². The Labute approximate surface area is 207 Å². The second-order valence-corrected chi connectivity index (χ2v) is 9.42. The Morgan fingerprint density at radius 1 is 0.914 bits per heavy atom. The van der Waals surface area contributed by atoms with Crippen molar-refractivity contribution in [3.63, 3.8) is 0 Å². The molecule has 0 fully saturated rings. The fraction of sp³-hybridized carbons (Fsp3) is 0.333. The zero-order valence-corrected chi connectivity index (χ0v) is 21.1. The number of carbonyl (C=O) groups is 1. The zero-order chi connectivity index (χ0) is 24.9. The minimum atomic E-state index is -0.338. The quantitative estimate of drug-likeness (QED) is 0.280. The van der Waals surface area contributed by atoms with E-state index in [0.717, 1.165) is 43.6 Å². The second kappa shape index (κ2) is 10.9. The minimum Gasteiger partial charge on any atom is -0.352 e. The molecule has 0 aliphatic rings. The van der Waals surface area contributed by atoms with Crippen molar-refractivity contribution in [2.45, 2.75) is 59.9 Å². The summed E-state index contributed by atoms with van der Waals surface area (Å²) in [5.41, 5.74) is 9.45. The normalized spacial score (nSPS) is 11.2. The first-order valence-electron chi connectivity index (χ1n) is 12.4. The summed E-state index contributed by atoms with van der Waals surface area (Å²) in [5, 5.41) is 2.92. The van der Waals surface area contributed by atoms with Crippen molar-refractivity contribution in [3.05, 3.63) is 99.6 Å². The van der Waals surface area contributed by atoms with Crippen LogP contribution in [-0.4, -0.2) is 22.0 Å². The highest BCUT2D eigenvalue weighted by molar-refractivity contribution is 5.94. The molecule has 0 atom stereocenters. The molecular formula is C30H34FN3O. The molecule has 1 amide bonds. The predicted octanol–water partition coefficient (Wildman–Crippen LogP) is 6.60. The van der Waals surface area contributed by atoms with Crippen LogP contribution in [0.15, 0.2) is 54.6 Å². The summed E-state index contributed by atoms with van der Waals surface area (Å²) in [6.45, 7) is 10.2. The summed E-state index contributed by atoms with van der Waals surface area (Å²) in [4.78, 5) is 17.2. The van der Waals surface area contributed by atoms with Crippen molar-refractivity contribution < 1.29 is 9.18 Å². The molecule has 1 heterocycles. The molecule has 0 saturated heterocycles. The van der Waals surface area contributed by atoms with Gasteiger partial charge < -0.3 is 9.88 Å². The number of nitrogens with one attached hydrogen (secondary N) is 1. The van der Waals surface area contributed by atoms with E-state index < -0.39 is 0 Å². The van der Waals surface area contributed by atoms with Gasteiger partial charge in [-0.2, -0.15) is 0 Å². The molecule has 3 aromatic carbocycles. The summed E-state index contributed by atoms with van der Waals surface area (Å²) in [6, 6.07) is 16.3. The molecule has 1 N–H and O–H groups in total.